The van der Waals surface area contributed by atoms with Gasteiger partial charge in [-0.05, 0) is 75.5 Å². The first-order valence-electron chi connectivity index (χ1n) is 11.8. The van der Waals surface area contributed by atoms with E-state index in [4.69, 9.17) is 4.74 Å². The number of nitrogens with one attached hydrogen (secondary N) is 1. The molecule has 33 heavy (non-hydrogen) atoms. The molecule has 2 saturated heterocycles. The molecule has 0 unspecified atom stereocenters. The van der Waals surface area contributed by atoms with Crippen molar-refractivity contribution < 1.29 is 17.9 Å². The number of carbonyl (C=O) groups excluding carboxylic acids is 1. The van der Waals surface area contributed by atoms with E-state index >= 15 is 0 Å². The number of amidine groups is 1. The van der Waals surface area contributed by atoms with Crippen molar-refractivity contribution in [1.82, 2.24) is 15.1 Å². The number of benzene rings is 1. The van der Waals surface area contributed by atoms with Gasteiger partial charge in [0.15, 0.2) is 0 Å². The third-order valence-corrected chi connectivity index (χ3v) is 8.31. The highest BCUT2D eigenvalue weighted by atomic mass is 32.2. The fourth-order valence-electron chi connectivity index (χ4n) is 4.94. The van der Waals surface area contributed by atoms with Gasteiger partial charge in [0, 0.05) is 37.7 Å². The standard InChI is InChI=1S/C24H34N4O4S/c1-18-22(19-6-8-21(32-2)9-7-19)33(30,31)26-23(18)28-15-10-20(11-16-28)24(29)25-12-17-27-13-4-3-5-14-27/h6-9,20H,3-5,10-17H2,1-2H3,(H,25,29). The largest absolute Gasteiger partial charge is 0.497 e. The quantitative estimate of drug-likeness (QED) is 0.681. The number of likely N-dealkylation sites (tertiary alicyclic amines) is 2. The lowest BCUT2D eigenvalue weighted by atomic mass is 9.95. The average molecular weight is 475 g/mol. The van der Waals surface area contributed by atoms with Gasteiger partial charge in [-0.2, -0.15) is 8.42 Å². The van der Waals surface area contributed by atoms with E-state index in [1.54, 1.807) is 31.4 Å². The first kappa shape index (κ1) is 23.8. The molecule has 3 heterocycles. The molecule has 0 aromatic heterocycles. The van der Waals surface area contributed by atoms with Gasteiger partial charge in [-0.3, -0.25) is 4.79 Å². The zero-order chi connectivity index (χ0) is 23.4. The van der Waals surface area contributed by atoms with Gasteiger partial charge in [-0.15, -0.1) is 4.40 Å². The maximum Gasteiger partial charge on any atom is 0.285 e. The Balaban J connectivity index is 1.34. The third-order valence-electron chi connectivity index (χ3n) is 6.83. The Bertz CT molecular complexity index is 1020. The third kappa shape index (κ3) is 5.41. The number of piperidine rings is 2. The van der Waals surface area contributed by atoms with Crippen LogP contribution in [0.25, 0.3) is 4.91 Å². The second-order valence-electron chi connectivity index (χ2n) is 9.03. The van der Waals surface area contributed by atoms with Gasteiger partial charge >= 0.3 is 0 Å². The molecule has 180 valence electrons. The summed E-state index contributed by atoms with van der Waals surface area (Å²) in [6, 6.07) is 6.99. The lowest BCUT2D eigenvalue weighted by Crippen LogP contribution is -2.44. The van der Waals surface area contributed by atoms with Crippen molar-refractivity contribution in [3.63, 3.8) is 0 Å². The lowest BCUT2D eigenvalue weighted by Gasteiger charge is -2.33. The molecule has 3 aliphatic rings. The molecular weight excluding hydrogens is 440 g/mol. The maximum atomic E-state index is 12.8. The Kier molecular flexibility index (Phi) is 7.38. The Morgan fingerprint density at radius 2 is 1.76 bits per heavy atom. The van der Waals surface area contributed by atoms with Gasteiger partial charge in [-0.1, -0.05) is 6.42 Å². The van der Waals surface area contributed by atoms with Crippen LogP contribution < -0.4 is 10.1 Å². The molecule has 0 saturated carbocycles. The van der Waals surface area contributed by atoms with Crippen LogP contribution in [-0.4, -0.2) is 76.3 Å². The van der Waals surface area contributed by atoms with Gasteiger partial charge in [-0.25, -0.2) is 0 Å². The van der Waals surface area contributed by atoms with E-state index in [9.17, 15) is 13.2 Å². The van der Waals surface area contributed by atoms with E-state index in [1.807, 2.05) is 11.8 Å². The lowest BCUT2D eigenvalue weighted by molar-refractivity contribution is -0.126. The number of hydrogen-bond donors (Lipinski definition) is 1. The van der Waals surface area contributed by atoms with Crippen LogP contribution in [0, 0.1) is 5.92 Å². The molecule has 1 N–H and O–H groups in total. The smallest absolute Gasteiger partial charge is 0.285 e. The van der Waals surface area contributed by atoms with E-state index in [1.165, 1.54) is 19.3 Å². The zero-order valence-corrected chi connectivity index (χ0v) is 20.4. The number of methoxy groups -OCH3 is 1. The highest BCUT2D eigenvalue weighted by molar-refractivity contribution is 8.00. The Morgan fingerprint density at radius 3 is 2.39 bits per heavy atom. The monoisotopic (exact) mass is 474 g/mol. The number of carbonyl (C=O) groups is 1. The predicted octanol–water partition coefficient (Wildman–Crippen LogP) is 2.48. The Labute approximate surface area is 196 Å². The van der Waals surface area contributed by atoms with Gasteiger partial charge in [0.05, 0.1) is 7.11 Å². The van der Waals surface area contributed by atoms with Crippen molar-refractivity contribution in [2.45, 2.75) is 39.0 Å². The molecule has 3 aliphatic heterocycles. The molecule has 0 radical (unpaired) electrons. The van der Waals surface area contributed by atoms with E-state index < -0.39 is 10.0 Å². The van der Waals surface area contributed by atoms with Crippen LogP contribution in [-0.2, 0) is 14.8 Å². The minimum absolute atomic E-state index is 0.0356. The Morgan fingerprint density at radius 1 is 1.09 bits per heavy atom. The first-order chi connectivity index (χ1) is 15.9. The van der Waals surface area contributed by atoms with E-state index in [2.05, 4.69) is 14.6 Å². The van der Waals surface area contributed by atoms with E-state index in [0.29, 0.717) is 55.2 Å². The number of amides is 1. The second-order valence-corrected chi connectivity index (χ2v) is 10.6. The Hall–Kier alpha value is -2.39. The molecule has 0 aliphatic carbocycles. The van der Waals surface area contributed by atoms with Gasteiger partial charge in [0.1, 0.15) is 16.5 Å². The summed E-state index contributed by atoms with van der Waals surface area (Å²) < 4.78 is 34.9. The highest BCUT2D eigenvalue weighted by Crippen LogP contribution is 2.35. The van der Waals surface area contributed by atoms with Crippen molar-refractivity contribution in [2.75, 3.05) is 46.4 Å². The summed E-state index contributed by atoms with van der Waals surface area (Å²) in [5, 5.41) is 3.10. The summed E-state index contributed by atoms with van der Waals surface area (Å²) in [6.45, 7) is 6.91. The van der Waals surface area contributed by atoms with Gasteiger partial charge < -0.3 is 19.9 Å². The van der Waals surface area contributed by atoms with E-state index in [0.717, 1.165) is 19.6 Å². The highest BCUT2D eigenvalue weighted by Gasteiger charge is 2.35. The van der Waals surface area contributed by atoms with Crippen molar-refractivity contribution in [2.24, 2.45) is 10.3 Å². The topological polar surface area (TPSA) is 91.3 Å². The molecular formula is C24H34N4O4S. The van der Waals surface area contributed by atoms with Crippen LogP contribution in [0.5, 0.6) is 5.75 Å². The molecule has 0 bridgehead atoms. The molecule has 1 aromatic carbocycles. The summed E-state index contributed by atoms with van der Waals surface area (Å²) >= 11 is 0. The molecule has 2 fully saturated rings. The number of hydrogen-bond acceptors (Lipinski definition) is 6. The summed E-state index contributed by atoms with van der Waals surface area (Å²) in [6.07, 6.45) is 5.20. The molecule has 8 nitrogen and oxygen atoms in total. The molecule has 0 atom stereocenters. The van der Waals surface area contributed by atoms with Gasteiger partial charge in [0.25, 0.3) is 10.0 Å². The summed E-state index contributed by atoms with van der Waals surface area (Å²) in [5.74, 6) is 1.25. The van der Waals surface area contributed by atoms with E-state index in [-0.39, 0.29) is 16.7 Å². The number of sulfonamides is 1. The average Bonchev–Trinajstić information content (AvgIpc) is 3.08. The molecule has 9 heteroatoms. The zero-order valence-electron chi connectivity index (χ0n) is 19.5. The SMILES string of the molecule is COc1ccc(C2=C(C)C(N3CCC(C(=O)NCCN4CCCCC4)CC3)=NS2(=O)=O)cc1. The first-order valence-corrected chi connectivity index (χ1v) is 13.3. The number of ether oxygens (including phenoxy) is 1. The van der Waals surface area contributed by atoms with Crippen LogP contribution in [0.15, 0.2) is 34.2 Å². The van der Waals surface area contributed by atoms with Crippen LogP contribution in [0.1, 0.15) is 44.6 Å². The van der Waals surface area contributed by atoms with Crippen molar-refractivity contribution >= 4 is 26.7 Å². The van der Waals surface area contributed by atoms with Crippen LogP contribution in [0.2, 0.25) is 0 Å². The summed E-state index contributed by atoms with van der Waals surface area (Å²) in [7, 11) is -2.18. The molecule has 1 aromatic rings. The van der Waals surface area contributed by atoms with Crippen LogP contribution in [0.4, 0.5) is 0 Å². The summed E-state index contributed by atoms with van der Waals surface area (Å²) in [5.41, 5.74) is 1.26. The maximum absolute atomic E-state index is 12.8. The van der Waals surface area contributed by atoms with Crippen molar-refractivity contribution in [3.8, 4) is 5.75 Å². The summed E-state index contributed by atoms with van der Waals surface area (Å²) in [4.78, 5) is 17.3. The van der Waals surface area contributed by atoms with Crippen molar-refractivity contribution in [3.05, 3.63) is 35.4 Å². The second kappa shape index (κ2) is 10.3. The van der Waals surface area contributed by atoms with Crippen molar-refractivity contribution in [1.29, 1.82) is 0 Å². The molecule has 4 rings (SSSR count). The fraction of sp³-hybridized carbons (Fsp3) is 0.583. The van der Waals surface area contributed by atoms with Crippen LogP contribution >= 0.6 is 0 Å². The van der Waals surface area contributed by atoms with Gasteiger partial charge in [0.2, 0.25) is 5.91 Å². The minimum Gasteiger partial charge on any atom is -0.497 e. The van der Waals surface area contributed by atoms with Crippen LogP contribution in [0.3, 0.4) is 0 Å². The normalized spacial score (nSPS) is 21.8. The predicted molar refractivity (Wildman–Crippen MR) is 130 cm³/mol. The number of nitrogens with zero attached hydrogens (tertiary/aromatic N) is 3. The number of rotatable bonds is 6. The fourth-order valence-corrected chi connectivity index (χ4v) is 6.43. The molecule has 1 amide bonds. The molecule has 0 spiro atoms. The minimum atomic E-state index is -3.76.